The van der Waals surface area contributed by atoms with Gasteiger partial charge in [-0.15, -0.1) is 0 Å². The van der Waals surface area contributed by atoms with E-state index in [9.17, 15) is 9.59 Å². The van der Waals surface area contributed by atoms with Crippen LogP contribution in [0.1, 0.15) is 48.0 Å². The smallest absolute Gasteiger partial charge is 0.408 e. The molecule has 0 aromatic carbocycles. The topological polar surface area (TPSA) is 77.0 Å². The number of halogens is 1. The van der Waals surface area contributed by atoms with Crippen molar-refractivity contribution in [3.8, 4) is 0 Å². The van der Waals surface area contributed by atoms with Gasteiger partial charge in [-0.2, -0.15) is 4.99 Å². The highest BCUT2D eigenvalue weighted by Crippen LogP contribution is 2.14. The molecule has 0 bridgehead atoms. The summed E-state index contributed by atoms with van der Waals surface area (Å²) in [6.07, 6.45) is 0.394. The molecule has 0 aliphatic carbocycles. The lowest BCUT2D eigenvalue weighted by Gasteiger charge is -2.24. The maximum Gasteiger partial charge on any atom is 0.408 e. The van der Waals surface area contributed by atoms with Gasteiger partial charge in [0.25, 0.3) is 0 Å². The third kappa shape index (κ3) is 7.25. The fourth-order valence-corrected chi connectivity index (χ4v) is 3.05. The molecule has 0 radical (unpaired) electrons. The number of rotatable bonds is 6. The average molecular weight is 423 g/mol. The number of aliphatic imine (C=N–C) groups is 1. The average Bonchev–Trinajstić information content (AvgIpc) is 2.92. The number of hydrogen-bond donors (Lipinski definition) is 1. The van der Waals surface area contributed by atoms with Gasteiger partial charge in [0.05, 0.1) is 6.61 Å². The van der Waals surface area contributed by atoms with Crippen LogP contribution in [0.2, 0.25) is 0 Å². The normalized spacial score (nSPS) is 16.2. The largest absolute Gasteiger partial charge is 1.00 e. The number of esters is 1. The molecule has 0 saturated heterocycles. The van der Waals surface area contributed by atoms with Crippen molar-refractivity contribution in [3.05, 3.63) is 0 Å². The zero-order valence-corrected chi connectivity index (χ0v) is 17.5. The Morgan fingerprint density at radius 3 is 2.46 bits per heavy atom. The monoisotopic (exact) mass is 422 g/mol. The van der Waals surface area contributed by atoms with Crippen LogP contribution < -0.4 is 22.3 Å². The summed E-state index contributed by atoms with van der Waals surface area (Å²) >= 11 is 1.46. The summed E-state index contributed by atoms with van der Waals surface area (Å²) in [7, 11) is 0. The minimum Gasteiger partial charge on any atom is -1.00 e. The summed E-state index contributed by atoms with van der Waals surface area (Å²) in [6.45, 7) is 11.6. The maximum absolute atomic E-state index is 12.1. The number of carbonyl (C=O) groups excluding carboxylic acids is 2. The lowest BCUT2D eigenvalue weighted by atomic mass is 9.99. The molecule has 1 rings (SSSR count). The first-order valence-electron chi connectivity index (χ1n) is 7.91. The first kappa shape index (κ1) is 23.0. The Hall–Kier alpha value is -1.02. The molecular formula is C16H27BrN2O4S. The van der Waals surface area contributed by atoms with Gasteiger partial charge in [0.2, 0.25) is 17.1 Å². The van der Waals surface area contributed by atoms with E-state index in [0.717, 1.165) is 11.4 Å². The summed E-state index contributed by atoms with van der Waals surface area (Å²) < 4.78 is 10.3. The highest BCUT2D eigenvalue weighted by atomic mass is 79.9. The minimum absolute atomic E-state index is 0. The van der Waals surface area contributed by atoms with E-state index >= 15 is 0 Å². The molecule has 1 N–H and O–H groups in total. The molecular weight excluding hydrogens is 396 g/mol. The number of nitrogens with one attached hydrogen (secondary N) is 1. The van der Waals surface area contributed by atoms with Crippen LogP contribution in [0.5, 0.6) is 0 Å². The molecule has 24 heavy (non-hydrogen) atoms. The molecule has 0 aromatic heterocycles. The van der Waals surface area contributed by atoms with E-state index in [1.54, 1.807) is 6.92 Å². The lowest BCUT2D eigenvalue weighted by Crippen LogP contribution is -3.00. The Morgan fingerprint density at radius 2 is 1.96 bits per heavy atom. The molecule has 1 aliphatic rings. The van der Waals surface area contributed by atoms with Gasteiger partial charge in [-0.3, -0.25) is 0 Å². The number of ether oxygens (including phenoxy) is 2. The zero-order chi connectivity index (χ0) is 17.6. The summed E-state index contributed by atoms with van der Waals surface area (Å²) in [5.74, 6) is 0.252. The fourth-order valence-electron chi connectivity index (χ4n) is 1.94. The van der Waals surface area contributed by atoms with Crippen molar-refractivity contribution in [2.75, 3.05) is 12.4 Å². The number of alkyl carbamates (subject to hydrolysis) is 1. The van der Waals surface area contributed by atoms with Crippen LogP contribution in [0.15, 0.2) is 4.99 Å². The van der Waals surface area contributed by atoms with Gasteiger partial charge in [0.15, 0.2) is 5.71 Å². The molecule has 1 aliphatic heterocycles. The van der Waals surface area contributed by atoms with Gasteiger partial charge in [0, 0.05) is 0 Å². The van der Waals surface area contributed by atoms with Crippen LogP contribution in [-0.4, -0.2) is 46.8 Å². The van der Waals surface area contributed by atoms with E-state index in [1.165, 1.54) is 11.4 Å². The SMILES string of the molecule is CCOC(=O)C1=NC([C@H](NC(=O)OC(C)(C)C)[C@@H](C)CC)=[S+]C1.[Br-]. The van der Waals surface area contributed by atoms with Crippen LogP contribution in [0.3, 0.4) is 0 Å². The van der Waals surface area contributed by atoms with Crippen molar-refractivity contribution in [3.63, 3.8) is 0 Å². The van der Waals surface area contributed by atoms with Gasteiger partial charge < -0.3 is 31.8 Å². The molecule has 0 spiro atoms. The van der Waals surface area contributed by atoms with Crippen LogP contribution >= 0.6 is 0 Å². The Morgan fingerprint density at radius 1 is 1.33 bits per heavy atom. The standard InChI is InChI=1S/C16H26N2O4S.BrH/c1-7-10(3)12(18-15(20)22-16(4,5)6)13-17-11(9-23-13)14(19)21-8-2;/h10,12H,7-9H2,1-6H3;1H/t10-,12+;/m0./s1. The molecule has 0 aromatic rings. The third-order valence-electron chi connectivity index (χ3n) is 3.26. The highest BCUT2D eigenvalue weighted by Gasteiger charge is 2.37. The number of amides is 1. The lowest BCUT2D eigenvalue weighted by molar-refractivity contribution is -0.135. The molecule has 1 amide bonds. The fraction of sp³-hybridized carbons (Fsp3) is 0.750. The Kier molecular flexibility index (Phi) is 9.65. The second-order valence-electron chi connectivity index (χ2n) is 6.42. The number of hydrogen-bond acceptors (Lipinski definition) is 5. The molecule has 0 saturated carbocycles. The van der Waals surface area contributed by atoms with Crippen LogP contribution in [-0.2, 0) is 25.6 Å². The Bertz CT molecular complexity index is 515. The van der Waals surface area contributed by atoms with Gasteiger partial charge in [0.1, 0.15) is 11.6 Å². The minimum atomic E-state index is -0.559. The molecule has 0 fully saturated rings. The van der Waals surface area contributed by atoms with Crippen LogP contribution in [0, 0.1) is 5.92 Å². The van der Waals surface area contributed by atoms with Crippen molar-refractivity contribution < 1.29 is 36.0 Å². The van der Waals surface area contributed by atoms with Gasteiger partial charge >= 0.3 is 17.1 Å². The van der Waals surface area contributed by atoms with Crippen LogP contribution in [0.25, 0.3) is 0 Å². The third-order valence-corrected chi connectivity index (χ3v) is 4.32. The van der Waals surface area contributed by atoms with E-state index in [2.05, 4.69) is 10.3 Å². The van der Waals surface area contributed by atoms with E-state index in [1.807, 2.05) is 34.6 Å². The summed E-state index contributed by atoms with van der Waals surface area (Å²) in [5, 5.41) is 2.88. The predicted molar refractivity (Wildman–Crippen MR) is 93.9 cm³/mol. The predicted octanol–water partition coefficient (Wildman–Crippen LogP) is -0.840. The molecule has 0 unspecified atom stereocenters. The summed E-state index contributed by atoms with van der Waals surface area (Å²) in [6, 6.07) is -0.272. The van der Waals surface area contributed by atoms with Crippen LogP contribution in [0.4, 0.5) is 4.79 Å². The first-order valence-corrected chi connectivity index (χ1v) is 8.90. The summed E-state index contributed by atoms with van der Waals surface area (Å²) in [4.78, 5) is 28.9. The molecule has 138 valence electrons. The van der Waals surface area contributed by atoms with E-state index in [4.69, 9.17) is 9.47 Å². The molecule has 1 heterocycles. The van der Waals surface area contributed by atoms with E-state index in [-0.39, 0.29) is 28.9 Å². The van der Waals surface area contributed by atoms with E-state index in [0.29, 0.717) is 18.1 Å². The quantitative estimate of drug-likeness (QED) is 0.344. The highest BCUT2D eigenvalue weighted by molar-refractivity contribution is 7.80. The first-order chi connectivity index (χ1) is 10.7. The zero-order valence-electron chi connectivity index (χ0n) is 15.1. The Labute approximate surface area is 158 Å². The van der Waals surface area contributed by atoms with Crippen molar-refractivity contribution in [1.29, 1.82) is 0 Å². The summed E-state index contributed by atoms with van der Waals surface area (Å²) in [5.41, 5.74) is -0.164. The van der Waals surface area contributed by atoms with Crippen molar-refractivity contribution in [2.45, 2.75) is 59.6 Å². The van der Waals surface area contributed by atoms with Crippen molar-refractivity contribution in [1.82, 2.24) is 5.32 Å². The van der Waals surface area contributed by atoms with Crippen molar-refractivity contribution in [2.24, 2.45) is 10.9 Å². The van der Waals surface area contributed by atoms with Gasteiger partial charge in [-0.25, -0.2) is 9.59 Å². The Balaban J connectivity index is 0.00000529. The van der Waals surface area contributed by atoms with Gasteiger partial charge in [-0.1, -0.05) is 20.3 Å². The van der Waals surface area contributed by atoms with Crippen molar-refractivity contribution >= 4 is 34.1 Å². The molecule has 6 nitrogen and oxygen atoms in total. The second-order valence-corrected chi connectivity index (χ2v) is 7.41. The second kappa shape index (κ2) is 10.1. The van der Waals surface area contributed by atoms with Gasteiger partial charge in [-0.05, 0) is 33.6 Å². The number of carbonyl (C=O) groups is 2. The number of nitrogens with zero attached hydrogens (tertiary/aromatic N) is 1. The maximum atomic E-state index is 12.1. The molecule has 8 heteroatoms. The molecule has 2 atom stereocenters. The van der Waals surface area contributed by atoms with E-state index < -0.39 is 17.7 Å².